The maximum atomic E-state index is 11.5. The number of carbonyl (C=O) groups excluding carboxylic acids is 1. The normalized spacial score (nSPS) is 24.2. The van der Waals surface area contributed by atoms with Crippen LogP contribution in [0.25, 0.3) is 0 Å². The van der Waals surface area contributed by atoms with Crippen LogP contribution in [0.15, 0.2) is 10.5 Å². The van der Waals surface area contributed by atoms with Gasteiger partial charge in [0.25, 0.3) is 5.91 Å². The molecule has 0 radical (unpaired) electrons. The molecule has 0 unspecified atom stereocenters. The van der Waals surface area contributed by atoms with Gasteiger partial charge in [0.2, 0.25) is 0 Å². The summed E-state index contributed by atoms with van der Waals surface area (Å²) in [6, 6.07) is 1.71. The minimum absolute atomic E-state index is 0.100. The van der Waals surface area contributed by atoms with E-state index in [1.807, 2.05) is 27.7 Å². The monoisotopic (exact) mass is 249 g/mol. The minimum atomic E-state index is -0.548. The first-order valence-electron chi connectivity index (χ1n) is 6.07. The Bertz CT molecular complexity index is 504. The van der Waals surface area contributed by atoms with Crippen molar-refractivity contribution in [3.8, 4) is 0 Å². The molecule has 1 N–H and O–H groups in total. The average molecular weight is 249 g/mol. The second kappa shape index (κ2) is 3.39. The Labute approximate surface area is 106 Å². The molecule has 18 heavy (non-hydrogen) atoms. The van der Waals surface area contributed by atoms with Gasteiger partial charge in [0.05, 0.1) is 23.3 Å². The molecule has 0 aromatic carbocycles. The average Bonchev–Trinajstić information content (AvgIpc) is 2.84. The molecule has 1 amide bonds. The highest BCUT2D eigenvalue weighted by Gasteiger charge is 2.53. The van der Waals surface area contributed by atoms with Crippen molar-refractivity contribution in [1.82, 2.24) is 5.32 Å². The SMILES string of the molecule is CC1(C)OB(c2cc3c(o2)CNC3=O)OC1(C)C. The summed E-state index contributed by atoms with van der Waals surface area (Å²) in [6.45, 7) is 8.37. The molecule has 6 heteroatoms. The second-order valence-electron chi connectivity index (χ2n) is 5.76. The lowest BCUT2D eigenvalue weighted by Crippen LogP contribution is -2.41. The highest BCUT2D eigenvalue weighted by molar-refractivity contribution is 6.60. The molecule has 96 valence electrons. The van der Waals surface area contributed by atoms with Crippen LogP contribution >= 0.6 is 0 Å². The smallest absolute Gasteiger partial charge is 0.467 e. The van der Waals surface area contributed by atoms with Crippen LogP contribution in [-0.4, -0.2) is 24.2 Å². The largest absolute Gasteiger partial charge is 0.532 e. The van der Waals surface area contributed by atoms with Crippen molar-refractivity contribution in [2.24, 2.45) is 0 Å². The molecule has 1 aromatic rings. The zero-order valence-corrected chi connectivity index (χ0v) is 11.0. The van der Waals surface area contributed by atoms with E-state index < -0.39 is 18.3 Å². The zero-order chi connectivity index (χ0) is 13.1. The van der Waals surface area contributed by atoms with Crippen LogP contribution in [0.3, 0.4) is 0 Å². The van der Waals surface area contributed by atoms with E-state index in [1.165, 1.54) is 0 Å². The molecule has 5 nitrogen and oxygen atoms in total. The lowest BCUT2D eigenvalue weighted by molar-refractivity contribution is 0.00578. The number of carbonyl (C=O) groups is 1. The quantitative estimate of drug-likeness (QED) is 0.748. The minimum Gasteiger partial charge on any atom is -0.467 e. The third-order valence-corrected chi connectivity index (χ3v) is 3.97. The Morgan fingerprint density at radius 1 is 1.22 bits per heavy atom. The first kappa shape index (κ1) is 11.8. The highest BCUT2D eigenvalue weighted by atomic mass is 16.7. The molecule has 1 aromatic heterocycles. The van der Waals surface area contributed by atoms with E-state index in [-0.39, 0.29) is 5.91 Å². The third kappa shape index (κ3) is 1.52. The molecule has 1 fully saturated rings. The molecular formula is C12H16BNO4. The number of fused-ring (bicyclic) bond motifs is 1. The van der Waals surface area contributed by atoms with E-state index in [4.69, 9.17) is 13.7 Å². The molecule has 2 aliphatic heterocycles. The molecule has 1 saturated heterocycles. The molecule has 0 saturated carbocycles. The molecule has 0 spiro atoms. The van der Waals surface area contributed by atoms with Crippen molar-refractivity contribution < 1.29 is 18.5 Å². The van der Waals surface area contributed by atoms with E-state index in [1.54, 1.807) is 6.07 Å². The van der Waals surface area contributed by atoms with Crippen LogP contribution < -0.4 is 11.0 Å². The summed E-state index contributed by atoms with van der Waals surface area (Å²) in [6.07, 6.45) is 0. The van der Waals surface area contributed by atoms with Crippen LogP contribution in [0.1, 0.15) is 43.8 Å². The molecule has 0 aliphatic carbocycles. The van der Waals surface area contributed by atoms with Gasteiger partial charge in [-0.2, -0.15) is 0 Å². The number of hydrogen-bond donors (Lipinski definition) is 1. The predicted molar refractivity (Wildman–Crippen MR) is 65.6 cm³/mol. The molecule has 0 atom stereocenters. The van der Waals surface area contributed by atoms with Crippen LogP contribution in [0.2, 0.25) is 0 Å². The van der Waals surface area contributed by atoms with E-state index >= 15 is 0 Å². The van der Waals surface area contributed by atoms with Crippen molar-refractivity contribution in [2.75, 3.05) is 0 Å². The van der Waals surface area contributed by atoms with Gasteiger partial charge >= 0.3 is 7.12 Å². The molecular weight excluding hydrogens is 233 g/mol. The van der Waals surface area contributed by atoms with Crippen LogP contribution in [0.5, 0.6) is 0 Å². The van der Waals surface area contributed by atoms with Gasteiger partial charge in [0, 0.05) is 0 Å². The maximum Gasteiger partial charge on any atom is 0.532 e. The summed E-state index contributed by atoms with van der Waals surface area (Å²) < 4.78 is 17.4. The van der Waals surface area contributed by atoms with Crippen molar-refractivity contribution in [2.45, 2.75) is 45.4 Å². The Balaban J connectivity index is 1.90. The number of furan rings is 1. The summed E-state index contributed by atoms with van der Waals surface area (Å²) in [5, 5.41) is 2.70. The summed E-state index contributed by atoms with van der Waals surface area (Å²) in [5.41, 5.74) is 0.335. The fourth-order valence-corrected chi connectivity index (χ4v) is 2.10. The van der Waals surface area contributed by atoms with Gasteiger partial charge in [-0.1, -0.05) is 0 Å². The number of nitrogens with one attached hydrogen (secondary N) is 1. The van der Waals surface area contributed by atoms with Crippen molar-refractivity contribution >= 4 is 18.7 Å². The summed E-state index contributed by atoms with van der Waals surface area (Å²) in [7, 11) is -0.548. The molecule has 3 heterocycles. The van der Waals surface area contributed by atoms with E-state index in [0.29, 0.717) is 23.5 Å². The van der Waals surface area contributed by atoms with Gasteiger partial charge in [-0.15, -0.1) is 0 Å². The lowest BCUT2D eigenvalue weighted by atomic mass is 9.86. The predicted octanol–water partition coefficient (Wildman–Crippen LogP) is 0.822. The Hall–Kier alpha value is -1.27. The first-order chi connectivity index (χ1) is 8.30. The van der Waals surface area contributed by atoms with Crippen molar-refractivity contribution in [3.63, 3.8) is 0 Å². The van der Waals surface area contributed by atoms with Gasteiger partial charge in [0.1, 0.15) is 11.4 Å². The summed E-state index contributed by atoms with van der Waals surface area (Å²) in [5.74, 6) is 0.557. The fraction of sp³-hybridized carbons (Fsp3) is 0.583. The van der Waals surface area contributed by atoms with Crippen molar-refractivity contribution in [1.29, 1.82) is 0 Å². The van der Waals surface area contributed by atoms with Crippen LogP contribution in [0, 0.1) is 0 Å². The standard InChI is InChI=1S/C12H16BNO4/c1-11(2)12(3,4)18-13(17-11)9-5-7-8(16-9)6-14-10(7)15/h5H,6H2,1-4H3,(H,14,15). The molecule has 3 rings (SSSR count). The highest BCUT2D eigenvalue weighted by Crippen LogP contribution is 2.36. The van der Waals surface area contributed by atoms with Gasteiger partial charge in [0.15, 0.2) is 0 Å². The molecule has 0 bridgehead atoms. The van der Waals surface area contributed by atoms with Gasteiger partial charge in [-0.3, -0.25) is 4.79 Å². The Kier molecular flexibility index (Phi) is 2.22. The van der Waals surface area contributed by atoms with Crippen LogP contribution in [-0.2, 0) is 15.9 Å². The van der Waals surface area contributed by atoms with Crippen LogP contribution in [0.4, 0.5) is 0 Å². The first-order valence-corrected chi connectivity index (χ1v) is 6.07. The fourth-order valence-electron chi connectivity index (χ4n) is 2.10. The second-order valence-corrected chi connectivity index (χ2v) is 5.76. The Morgan fingerprint density at radius 3 is 2.39 bits per heavy atom. The maximum absolute atomic E-state index is 11.5. The van der Waals surface area contributed by atoms with E-state index in [0.717, 1.165) is 0 Å². The summed E-state index contributed by atoms with van der Waals surface area (Å²) >= 11 is 0. The third-order valence-electron chi connectivity index (χ3n) is 3.97. The zero-order valence-electron chi connectivity index (χ0n) is 11.0. The number of rotatable bonds is 1. The van der Waals surface area contributed by atoms with Gasteiger partial charge in [-0.05, 0) is 33.8 Å². The van der Waals surface area contributed by atoms with Crippen molar-refractivity contribution in [3.05, 3.63) is 17.4 Å². The number of hydrogen-bond acceptors (Lipinski definition) is 4. The topological polar surface area (TPSA) is 60.7 Å². The summed E-state index contributed by atoms with van der Waals surface area (Å²) in [4.78, 5) is 11.5. The van der Waals surface area contributed by atoms with E-state index in [2.05, 4.69) is 5.32 Å². The van der Waals surface area contributed by atoms with Gasteiger partial charge < -0.3 is 19.0 Å². The van der Waals surface area contributed by atoms with E-state index in [9.17, 15) is 4.79 Å². The van der Waals surface area contributed by atoms with Gasteiger partial charge in [-0.25, -0.2) is 0 Å². The number of amides is 1. The Morgan fingerprint density at radius 2 is 1.83 bits per heavy atom. The molecule has 2 aliphatic rings. The lowest BCUT2D eigenvalue weighted by Gasteiger charge is -2.32.